The number of aromatic nitrogens is 2. The molecule has 5 N–H and O–H groups in total. The Hall–Kier alpha value is -3.84. The summed E-state index contributed by atoms with van der Waals surface area (Å²) in [4.78, 5) is 22.9. The summed E-state index contributed by atoms with van der Waals surface area (Å²) < 4.78 is 76.5. The molecule has 0 unspecified atom stereocenters. The van der Waals surface area contributed by atoms with Crippen molar-refractivity contribution in [1.82, 2.24) is 15.3 Å². The Bertz CT molecular complexity index is 987. The molecule has 8 nitrogen and oxygen atoms in total. The van der Waals surface area contributed by atoms with E-state index in [9.17, 15) is 31.1 Å². The van der Waals surface area contributed by atoms with Gasteiger partial charge in [-0.2, -0.15) is 18.2 Å². The predicted octanol–water partition coefficient (Wildman–Crippen LogP) is 2.47. The molecule has 2 rings (SSSR count). The van der Waals surface area contributed by atoms with E-state index in [4.69, 9.17) is 5.73 Å². The van der Waals surface area contributed by atoms with Crippen LogP contribution in [0, 0.1) is 17.5 Å². The topological polar surface area (TPSA) is 117 Å². The number of hydrogen-bond acceptors (Lipinski definition) is 7. The lowest BCUT2D eigenvalue weighted by molar-refractivity contribution is -0.137. The van der Waals surface area contributed by atoms with Crippen LogP contribution in [0.25, 0.3) is 0 Å². The van der Waals surface area contributed by atoms with Gasteiger partial charge in [-0.3, -0.25) is 9.79 Å². The molecular formula is C18H17F6N7O. The van der Waals surface area contributed by atoms with Crippen LogP contribution in [-0.4, -0.2) is 41.4 Å². The van der Waals surface area contributed by atoms with Crippen molar-refractivity contribution in [2.75, 3.05) is 23.7 Å². The van der Waals surface area contributed by atoms with E-state index in [0.717, 1.165) is 12.4 Å². The Labute approximate surface area is 177 Å². The van der Waals surface area contributed by atoms with Gasteiger partial charge in [0.15, 0.2) is 0 Å². The zero-order chi connectivity index (χ0) is 23.7. The van der Waals surface area contributed by atoms with Crippen molar-refractivity contribution in [3.63, 3.8) is 0 Å². The van der Waals surface area contributed by atoms with Gasteiger partial charge in [-0.1, -0.05) is 0 Å². The summed E-state index contributed by atoms with van der Waals surface area (Å²) in [7, 11) is 0. The molecule has 0 saturated carbocycles. The van der Waals surface area contributed by atoms with Gasteiger partial charge >= 0.3 is 6.18 Å². The molecule has 1 heterocycles. The van der Waals surface area contributed by atoms with Crippen molar-refractivity contribution in [3.8, 4) is 0 Å². The highest BCUT2D eigenvalue weighted by Crippen LogP contribution is 2.17. The minimum Gasteiger partial charge on any atom is -0.403 e. The summed E-state index contributed by atoms with van der Waals surface area (Å²) in [6.45, 7) is -2.38. The van der Waals surface area contributed by atoms with Crippen LogP contribution in [0.1, 0.15) is 5.56 Å². The second-order valence-electron chi connectivity index (χ2n) is 6.08. The zero-order valence-electron chi connectivity index (χ0n) is 16.2. The molecule has 172 valence electrons. The van der Waals surface area contributed by atoms with Gasteiger partial charge in [0.25, 0.3) is 0 Å². The maximum Gasteiger partial charge on any atom is 0.405 e. The molecule has 0 spiro atoms. The number of nitrogens with one attached hydrogen (secondary N) is 3. The molecule has 0 radical (unpaired) electrons. The molecular weight excluding hydrogens is 444 g/mol. The SMILES string of the molecule is N/C=C(\C=NCC(=O)NCC(F)(F)F)Nc1nccc(NCc2c(F)cc(F)cc2F)n1. The maximum atomic E-state index is 13.7. The number of benzene rings is 1. The molecule has 1 aromatic carbocycles. The molecule has 0 aliphatic heterocycles. The van der Waals surface area contributed by atoms with E-state index in [1.54, 1.807) is 5.32 Å². The number of aliphatic imine (C=N–C) groups is 1. The second-order valence-corrected chi connectivity index (χ2v) is 6.08. The van der Waals surface area contributed by atoms with Gasteiger partial charge in [0.05, 0.1) is 5.70 Å². The molecule has 0 atom stereocenters. The van der Waals surface area contributed by atoms with Gasteiger partial charge in [0.2, 0.25) is 11.9 Å². The predicted molar refractivity (Wildman–Crippen MR) is 104 cm³/mol. The van der Waals surface area contributed by atoms with Gasteiger partial charge in [0, 0.05) is 42.9 Å². The molecule has 32 heavy (non-hydrogen) atoms. The van der Waals surface area contributed by atoms with Crippen LogP contribution in [0.15, 0.2) is 41.3 Å². The maximum absolute atomic E-state index is 13.7. The fourth-order valence-corrected chi connectivity index (χ4v) is 2.16. The third kappa shape index (κ3) is 8.12. The van der Waals surface area contributed by atoms with Crippen molar-refractivity contribution in [2.45, 2.75) is 12.7 Å². The number of carbonyl (C=O) groups excluding carboxylic acids is 1. The number of nitrogens with zero attached hydrogens (tertiary/aromatic N) is 3. The highest BCUT2D eigenvalue weighted by Gasteiger charge is 2.27. The number of rotatable bonds is 9. The molecule has 0 aliphatic rings. The first-order valence-corrected chi connectivity index (χ1v) is 8.80. The molecule has 1 aromatic heterocycles. The van der Waals surface area contributed by atoms with Crippen LogP contribution in [0.5, 0.6) is 0 Å². The summed E-state index contributed by atoms with van der Waals surface area (Å²) in [5.41, 5.74) is 5.14. The number of allylic oxidation sites excluding steroid dienone is 1. The Morgan fingerprint density at radius 2 is 1.88 bits per heavy atom. The first-order valence-electron chi connectivity index (χ1n) is 8.80. The van der Waals surface area contributed by atoms with Gasteiger partial charge in [-0.15, -0.1) is 0 Å². The van der Waals surface area contributed by atoms with Gasteiger partial charge in [-0.25, -0.2) is 18.2 Å². The highest BCUT2D eigenvalue weighted by atomic mass is 19.4. The van der Waals surface area contributed by atoms with Crippen LogP contribution in [0.3, 0.4) is 0 Å². The summed E-state index contributed by atoms with van der Waals surface area (Å²) in [5, 5.41) is 6.95. The fraction of sp³-hybridized carbons (Fsp3) is 0.222. The summed E-state index contributed by atoms with van der Waals surface area (Å²) >= 11 is 0. The van der Waals surface area contributed by atoms with Crippen LogP contribution in [0.2, 0.25) is 0 Å². The molecule has 0 aliphatic carbocycles. The Morgan fingerprint density at radius 1 is 1.19 bits per heavy atom. The number of alkyl halides is 3. The van der Waals surface area contributed by atoms with Gasteiger partial charge < -0.3 is 21.7 Å². The number of amides is 1. The molecule has 14 heteroatoms. The highest BCUT2D eigenvalue weighted by molar-refractivity contribution is 5.85. The third-order valence-corrected chi connectivity index (χ3v) is 3.59. The smallest absolute Gasteiger partial charge is 0.403 e. The average molecular weight is 461 g/mol. The molecule has 2 aromatic rings. The third-order valence-electron chi connectivity index (χ3n) is 3.59. The van der Waals surface area contributed by atoms with Gasteiger partial charge in [-0.05, 0) is 6.07 Å². The largest absolute Gasteiger partial charge is 0.405 e. The van der Waals surface area contributed by atoms with Crippen molar-refractivity contribution in [3.05, 3.63) is 59.3 Å². The Morgan fingerprint density at radius 3 is 2.50 bits per heavy atom. The second kappa shape index (κ2) is 11.0. The summed E-state index contributed by atoms with van der Waals surface area (Å²) in [5.74, 6) is -3.97. The van der Waals surface area contributed by atoms with E-state index in [-0.39, 0.29) is 24.0 Å². The first kappa shape index (κ1) is 24.4. The monoisotopic (exact) mass is 461 g/mol. The fourth-order valence-electron chi connectivity index (χ4n) is 2.16. The average Bonchev–Trinajstić information content (AvgIpc) is 2.70. The summed E-state index contributed by atoms with van der Waals surface area (Å²) in [6, 6.07) is 2.50. The Balaban J connectivity index is 1.94. The lowest BCUT2D eigenvalue weighted by atomic mass is 10.2. The lowest BCUT2D eigenvalue weighted by Crippen LogP contribution is -2.35. The zero-order valence-corrected chi connectivity index (χ0v) is 16.2. The van der Waals surface area contributed by atoms with E-state index in [2.05, 4.69) is 25.6 Å². The number of carbonyl (C=O) groups is 1. The number of anilines is 2. The number of halogens is 6. The standard InChI is InChI=1S/C18H17F6N7O/c19-10-3-13(20)12(14(21)4-10)7-28-15-1-2-27-17(31-15)30-11(5-25)6-26-8-16(32)29-9-18(22,23)24/h1-6H,7-9,25H2,(H,29,32)(H2,27,28,30,31)/b11-5+,26-6?. The van der Waals surface area contributed by atoms with Crippen molar-refractivity contribution >= 4 is 23.9 Å². The van der Waals surface area contributed by atoms with Crippen LogP contribution in [-0.2, 0) is 11.3 Å². The van der Waals surface area contributed by atoms with Crippen LogP contribution < -0.4 is 21.7 Å². The van der Waals surface area contributed by atoms with E-state index in [0.29, 0.717) is 12.1 Å². The van der Waals surface area contributed by atoms with Crippen molar-refractivity contribution < 1.29 is 31.1 Å². The van der Waals surface area contributed by atoms with Crippen LogP contribution in [0.4, 0.5) is 38.1 Å². The molecule has 1 amide bonds. The van der Waals surface area contributed by atoms with Gasteiger partial charge in [0.1, 0.15) is 36.4 Å². The minimum atomic E-state index is -4.53. The summed E-state index contributed by atoms with van der Waals surface area (Å²) in [6.07, 6.45) is -1.09. The minimum absolute atomic E-state index is 0.0141. The van der Waals surface area contributed by atoms with E-state index < -0.39 is 48.2 Å². The first-order chi connectivity index (χ1) is 15.1. The van der Waals surface area contributed by atoms with Crippen molar-refractivity contribution in [1.29, 1.82) is 0 Å². The normalized spacial score (nSPS) is 12.1. The van der Waals surface area contributed by atoms with E-state index >= 15 is 0 Å². The van der Waals surface area contributed by atoms with Crippen molar-refractivity contribution in [2.24, 2.45) is 10.7 Å². The quantitative estimate of drug-likeness (QED) is 0.337. The number of nitrogens with two attached hydrogens (primary N) is 1. The van der Waals surface area contributed by atoms with E-state index in [1.807, 2.05) is 0 Å². The van der Waals surface area contributed by atoms with Crippen LogP contribution >= 0.6 is 0 Å². The Kier molecular flexibility index (Phi) is 8.38. The number of hydrogen-bond donors (Lipinski definition) is 4. The molecule has 0 bridgehead atoms. The molecule has 0 fully saturated rings. The molecule has 0 saturated heterocycles. The van der Waals surface area contributed by atoms with E-state index in [1.165, 1.54) is 12.3 Å². The lowest BCUT2D eigenvalue weighted by Gasteiger charge is -2.10.